The van der Waals surface area contributed by atoms with E-state index < -0.39 is 0 Å². The highest BCUT2D eigenvalue weighted by molar-refractivity contribution is 7.22. The lowest BCUT2D eigenvalue weighted by molar-refractivity contribution is -0.384. The summed E-state index contributed by atoms with van der Waals surface area (Å²) >= 11 is 3.32. The van der Waals surface area contributed by atoms with Gasteiger partial charge >= 0.3 is 0 Å². The van der Waals surface area contributed by atoms with Crippen molar-refractivity contribution in [3.05, 3.63) is 50.2 Å². The molecule has 0 aliphatic carbocycles. The van der Waals surface area contributed by atoms with Crippen LogP contribution in [0.2, 0.25) is 0 Å². The van der Waals surface area contributed by atoms with E-state index in [1.54, 1.807) is 12.1 Å². The predicted molar refractivity (Wildman–Crippen MR) is 98.1 cm³/mol. The molecule has 6 nitrogen and oxygen atoms in total. The maximum Gasteiger partial charge on any atom is 0.270 e. The van der Waals surface area contributed by atoms with Crippen molar-refractivity contribution in [2.75, 3.05) is 25.0 Å². The van der Waals surface area contributed by atoms with Gasteiger partial charge in [-0.3, -0.25) is 15.0 Å². The van der Waals surface area contributed by atoms with Gasteiger partial charge in [-0.1, -0.05) is 11.3 Å². The number of thiazole rings is 1. The zero-order valence-electron chi connectivity index (χ0n) is 12.9. The van der Waals surface area contributed by atoms with Crippen LogP contribution in [-0.2, 0) is 13.0 Å². The Hall–Kier alpha value is -2.03. The first kappa shape index (κ1) is 15.5. The number of hydrogen-bond donors (Lipinski definition) is 1. The number of nitro groups is 1. The Morgan fingerprint density at radius 3 is 3.17 bits per heavy atom. The summed E-state index contributed by atoms with van der Waals surface area (Å²) in [5.41, 5.74) is 2.37. The molecule has 24 heavy (non-hydrogen) atoms. The van der Waals surface area contributed by atoms with Crippen molar-refractivity contribution >= 4 is 43.7 Å². The zero-order valence-corrected chi connectivity index (χ0v) is 14.5. The molecule has 0 saturated carbocycles. The number of rotatable bonds is 5. The van der Waals surface area contributed by atoms with Gasteiger partial charge in [-0.15, -0.1) is 11.3 Å². The molecule has 1 aromatic carbocycles. The Bertz CT molecular complexity index is 889. The molecule has 0 spiro atoms. The summed E-state index contributed by atoms with van der Waals surface area (Å²) < 4.78 is 0.840. The molecule has 2 aromatic heterocycles. The number of nitro benzene ring substituents is 1. The van der Waals surface area contributed by atoms with E-state index in [1.165, 1.54) is 27.8 Å². The lowest BCUT2D eigenvalue weighted by atomic mass is 10.1. The highest BCUT2D eigenvalue weighted by atomic mass is 32.1. The van der Waals surface area contributed by atoms with E-state index in [2.05, 4.69) is 26.6 Å². The normalized spacial score (nSPS) is 14.7. The van der Waals surface area contributed by atoms with Crippen LogP contribution >= 0.6 is 22.7 Å². The fourth-order valence-corrected chi connectivity index (χ4v) is 4.74. The third kappa shape index (κ3) is 3.12. The van der Waals surface area contributed by atoms with Crippen LogP contribution in [0.25, 0.3) is 10.2 Å². The summed E-state index contributed by atoms with van der Waals surface area (Å²) in [7, 11) is 0. The summed E-state index contributed by atoms with van der Waals surface area (Å²) in [6.45, 7) is 3.90. The standard InChI is InChI=1S/C16H16N4O2S2/c21-20(22)12-1-2-13-15(9-12)24-16(18-13)17-5-7-19-6-3-14-11(10-19)4-8-23-14/h1-2,4,8-9H,3,5-7,10H2,(H,17,18). The minimum Gasteiger partial charge on any atom is -0.360 e. The van der Waals surface area contributed by atoms with Crippen LogP contribution in [0.1, 0.15) is 10.4 Å². The topological polar surface area (TPSA) is 71.3 Å². The van der Waals surface area contributed by atoms with Crippen LogP contribution in [0.15, 0.2) is 29.6 Å². The van der Waals surface area contributed by atoms with Crippen molar-refractivity contribution in [1.82, 2.24) is 9.88 Å². The first-order valence-electron chi connectivity index (χ1n) is 7.75. The summed E-state index contributed by atoms with van der Waals surface area (Å²) in [6.07, 6.45) is 1.14. The van der Waals surface area contributed by atoms with Gasteiger partial charge in [0.15, 0.2) is 5.13 Å². The summed E-state index contributed by atoms with van der Waals surface area (Å²) in [5.74, 6) is 0. The molecule has 0 saturated heterocycles. The molecule has 8 heteroatoms. The molecule has 3 aromatic rings. The highest BCUT2D eigenvalue weighted by Crippen LogP contribution is 2.29. The van der Waals surface area contributed by atoms with E-state index in [1.807, 2.05) is 11.3 Å². The molecule has 1 aliphatic rings. The number of thiophene rings is 1. The van der Waals surface area contributed by atoms with E-state index in [0.717, 1.165) is 47.9 Å². The molecule has 0 atom stereocenters. The summed E-state index contributed by atoms with van der Waals surface area (Å²) in [6, 6.07) is 7.01. The van der Waals surface area contributed by atoms with Crippen molar-refractivity contribution in [3.63, 3.8) is 0 Å². The average Bonchev–Trinajstić information content (AvgIpc) is 3.19. The summed E-state index contributed by atoms with van der Waals surface area (Å²) in [4.78, 5) is 18.9. The first-order chi connectivity index (χ1) is 11.7. The molecule has 124 valence electrons. The van der Waals surface area contributed by atoms with Gasteiger partial charge in [-0.25, -0.2) is 4.98 Å². The van der Waals surface area contributed by atoms with Gasteiger partial charge < -0.3 is 5.32 Å². The number of aromatic nitrogens is 1. The number of anilines is 1. The smallest absolute Gasteiger partial charge is 0.270 e. The number of fused-ring (bicyclic) bond motifs is 2. The minimum atomic E-state index is -0.374. The highest BCUT2D eigenvalue weighted by Gasteiger charge is 2.16. The molecule has 3 heterocycles. The van der Waals surface area contributed by atoms with Gasteiger partial charge in [-0.2, -0.15) is 0 Å². The van der Waals surface area contributed by atoms with Gasteiger partial charge in [0.1, 0.15) is 0 Å². The second-order valence-corrected chi connectivity index (χ2v) is 7.78. The van der Waals surface area contributed by atoms with Crippen LogP contribution in [0.4, 0.5) is 10.8 Å². The lowest BCUT2D eigenvalue weighted by Gasteiger charge is -2.26. The fraction of sp³-hybridized carbons (Fsp3) is 0.312. The zero-order chi connectivity index (χ0) is 16.5. The van der Waals surface area contributed by atoms with Gasteiger partial charge in [-0.05, 0) is 29.5 Å². The van der Waals surface area contributed by atoms with E-state index in [0.29, 0.717) is 0 Å². The Morgan fingerprint density at radius 2 is 2.29 bits per heavy atom. The van der Waals surface area contributed by atoms with Gasteiger partial charge in [0.2, 0.25) is 0 Å². The van der Waals surface area contributed by atoms with E-state index in [-0.39, 0.29) is 10.6 Å². The summed E-state index contributed by atoms with van der Waals surface area (Å²) in [5, 5.41) is 17.2. The number of nitrogens with one attached hydrogen (secondary N) is 1. The Balaban J connectivity index is 1.36. The SMILES string of the molecule is O=[N+]([O-])c1ccc2nc(NCCN3CCc4sccc4C3)sc2c1. The molecule has 4 rings (SSSR count). The van der Waals surface area contributed by atoms with Crippen molar-refractivity contribution in [2.45, 2.75) is 13.0 Å². The Morgan fingerprint density at radius 1 is 1.38 bits per heavy atom. The van der Waals surface area contributed by atoms with Crippen molar-refractivity contribution in [2.24, 2.45) is 0 Å². The molecule has 0 amide bonds. The molecule has 0 unspecified atom stereocenters. The number of benzene rings is 1. The molecule has 1 N–H and O–H groups in total. The van der Waals surface area contributed by atoms with Crippen LogP contribution in [0.5, 0.6) is 0 Å². The molecular weight excluding hydrogens is 344 g/mol. The van der Waals surface area contributed by atoms with Gasteiger partial charge in [0.05, 0.1) is 15.1 Å². The Kier molecular flexibility index (Phi) is 4.17. The monoisotopic (exact) mass is 360 g/mol. The number of non-ortho nitro benzene ring substituents is 1. The van der Waals surface area contributed by atoms with Crippen LogP contribution in [0.3, 0.4) is 0 Å². The fourth-order valence-electron chi connectivity index (χ4n) is 2.92. The lowest BCUT2D eigenvalue weighted by Crippen LogP contribution is -2.33. The molecule has 0 radical (unpaired) electrons. The van der Waals surface area contributed by atoms with Gasteiger partial charge in [0, 0.05) is 43.2 Å². The minimum absolute atomic E-state index is 0.109. The quantitative estimate of drug-likeness (QED) is 0.554. The second kappa shape index (κ2) is 6.46. The first-order valence-corrected chi connectivity index (χ1v) is 9.45. The molecular formula is C16H16N4O2S2. The van der Waals surface area contributed by atoms with E-state index >= 15 is 0 Å². The predicted octanol–water partition coefficient (Wildman–Crippen LogP) is 3.74. The number of hydrogen-bond acceptors (Lipinski definition) is 7. The van der Waals surface area contributed by atoms with Crippen LogP contribution in [-0.4, -0.2) is 34.4 Å². The van der Waals surface area contributed by atoms with E-state index in [9.17, 15) is 10.1 Å². The van der Waals surface area contributed by atoms with Crippen LogP contribution in [0, 0.1) is 10.1 Å². The van der Waals surface area contributed by atoms with Crippen molar-refractivity contribution in [1.29, 1.82) is 0 Å². The molecule has 0 bridgehead atoms. The maximum atomic E-state index is 10.8. The van der Waals surface area contributed by atoms with Gasteiger partial charge in [0.25, 0.3) is 5.69 Å². The van der Waals surface area contributed by atoms with Crippen molar-refractivity contribution < 1.29 is 4.92 Å². The van der Waals surface area contributed by atoms with Crippen LogP contribution < -0.4 is 5.32 Å². The number of nitrogens with zero attached hydrogens (tertiary/aromatic N) is 3. The molecule has 1 aliphatic heterocycles. The second-order valence-electron chi connectivity index (χ2n) is 5.75. The maximum absolute atomic E-state index is 10.8. The average molecular weight is 360 g/mol. The van der Waals surface area contributed by atoms with E-state index in [4.69, 9.17) is 0 Å². The molecule has 0 fully saturated rings. The third-order valence-electron chi connectivity index (χ3n) is 4.17. The largest absolute Gasteiger partial charge is 0.360 e. The van der Waals surface area contributed by atoms with Crippen molar-refractivity contribution in [3.8, 4) is 0 Å². The Labute approximate surface area is 146 Å². The third-order valence-corrected chi connectivity index (χ3v) is 6.17.